The third-order valence-electron chi connectivity index (χ3n) is 4.31. The summed E-state index contributed by atoms with van der Waals surface area (Å²) < 4.78 is 0. The molecular formula is C21H24N4O2S. The van der Waals surface area contributed by atoms with Gasteiger partial charge in [-0.2, -0.15) is 0 Å². The normalized spacial score (nSPS) is 11.4. The van der Waals surface area contributed by atoms with Gasteiger partial charge in [0.05, 0.1) is 18.2 Å². The van der Waals surface area contributed by atoms with Gasteiger partial charge in [0.1, 0.15) is 0 Å². The van der Waals surface area contributed by atoms with Gasteiger partial charge in [0.2, 0.25) is 5.91 Å². The van der Waals surface area contributed by atoms with Crippen LogP contribution in [0.25, 0.3) is 21.6 Å². The molecule has 0 aliphatic heterocycles. The van der Waals surface area contributed by atoms with Crippen molar-refractivity contribution in [2.45, 2.75) is 19.4 Å². The second-order valence-electron chi connectivity index (χ2n) is 7.15. The fourth-order valence-corrected chi connectivity index (χ4v) is 3.59. The van der Waals surface area contributed by atoms with Gasteiger partial charge in [0.25, 0.3) is 0 Å². The highest BCUT2D eigenvalue weighted by atomic mass is 32.1. The summed E-state index contributed by atoms with van der Waals surface area (Å²) in [5, 5.41) is 15.9. The largest absolute Gasteiger partial charge is 0.394 e. The lowest BCUT2D eigenvalue weighted by Crippen LogP contribution is -2.46. The SMILES string of the molecule is CC(C)(CO)NCC(=O)Nc1cccc(-c2cc(-c3ccncc3)sc2N)c1. The first-order valence-electron chi connectivity index (χ1n) is 8.94. The number of amides is 1. The Bertz CT molecular complexity index is 954. The maximum atomic E-state index is 12.2. The number of hydrogen-bond acceptors (Lipinski definition) is 6. The lowest BCUT2D eigenvalue weighted by molar-refractivity contribution is -0.115. The van der Waals surface area contributed by atoms with Crippen molar-refractivity contribution < 1.29 is 9.90 Å². The summed E-state index contributed by atoms with van der Waals surface area (Å²) in [7, 11) is 0. The number of benzene rings is 1. The number of nitrogens with one attached hydrogen (secondary N) is 2. The van der Waals surface area contributed by atoms with E-state index in [1.165, 1.54) is 11.3 Å². The molecule has 0 saturated heterocycles. The Morgan fingerprint density at radius 1 is 1.18 bits per heavy atom. The molecule has 0 atom stereocenters. The van der Waals surface area contributed by atoms with E-state index in [-0.39, 0.29) is 19.1 Å². The summed E-state index contributed by atoms with van der Waals surface area (Å²) >= 11 is 1.52. The molecule has 146 valence electrons. The molecule has 7 heteroatoms. The number of thiophene rings is 1. The van der Waals surface area contributed by atoms with Gasteiger partial charge in [-0.25, -0.2) is 0 Å². The highest BCUT2D eigenvalue weighted by molar-refractivity contribution is 7.19. The number of nitrogens with two attached hydrogens (primary N) is 1. The van der Waals surface area contributed by atoms with E-state index in [9.17, 15) is 9.90 Å². The molecule has 0 fully saturated rings. The molecule has 0 saturated carbocycles. The molecule has 1 aromatic carbocycles. The number of aliphatic hydroxyl groups is 1. The minimum absolute atomic E-state index is 0.0486. The zero-order valence-electron chi connectivity index (χ0n) is 15.9. The van der Waals surface area contributed by atoms with Crippen molar-refractivity contribution in [1.82, 2.24) is 10.3 Å². The molecule has 28 heavy (non-hydrogen) atoms. The molecule has 0 spiro atoms. The van der Waals surface area contributed by atoms with Gasteiger partial charge in [0, 0.05) is 34.1 Å². The third-order valence-corrected chi connectivity index (χ3v) is 5.32. The second-order valence-corrected chi connectivity index (χ2v) is 8.23. The van der Waals surface area contributed by atoms with E-state index < -0.39 is 5.54 Å². The van der Waals surface area contributed by atoms with Crippen LogP contribution in [0.15, 0.2) is 54.9 Å². The van der Waals surface area contributed by atoms with Gasteiger partial charge in [-0.05, 0) is 55.3 Å². The Balaban J connectivity index is 1.75. The zero-order chi connectivity index (χ0) is 20.1. The molecule has 6 nitrogen and oxygen atoms in total. The van der Waals surface area contributed by atoms with Gasteiger partial charge in [-0.1, -0.05) is 12.1 Å². The monoisotopic (exact) mass is 396 g/mol. The molecule has 0 aliphatic carbocycles. The molecule has 3 rings (SSSR count). The molecule has 5 N–H and O–H groups in total. The first-order chi connectivity index (χ1) is 13.4. The average molecular weight is 397 g/mol. The van der Waals surface area contributed by atoms with Gasteiger partial charge >= 0.3 is 0 Å². The summed E-state index contributed by atoms with van der Waals surface area (Å²) in [4.78, 5) is 17.3. The lowest BCUT2D eigenvalue weighted by atomic mass is 10.1. The molecule has 0 radical (unpaired) electrons. The number of nitrogen functional groups attached to an aromatic ring is 1. The summed E-state index contributed by atoms with van der Waals surface area (Å²) in [6.45, 7) is 3.73. The fraction of sp³-hybridized carbons (Fsp3) is 0.238. The van der Waals surface area contributed by atoms with Crippen molar-refractivity contribution in [3.8, 4) is 21.6 Å². The summed E-state index contributed by atoms with van der Waals surface area (Å²) in [6, 6.07) is 13.6. The molecule has 0 aliphatic rings. The summed E-state index contributed by atoms with van der Waals surface area (Å²) in [5.74, 6) is -0.172. The minimum atomic E-state index is -0.506. The fourth-order valence-electron chi connectivity index (χ4n) is 2.63. The number of hydrogen-bond donors (Lipinski definition) is 4. The standard InChI is InChI=1S/C21H24N4O2S/c1-21(2,13-26)24-12-19(27)25-16-5-3-4-15(10-16)17-11-18(28-20(17)22)14-6-8-23-9-7-14/h3-11,24,26H,12-13,22H2,1-2H3,(H,25,27). The van der Waals surface area contributed by atoms with Crippen LogP contribution in [0.3, 0.4) is 0 Å². The Morgan fingerprint density at radius 3 is 2.64 bits per heavy atom. The molecule has 2 aromatic heterocycles. The third kappa shape index (κ3) is 4.95. The first-order valence-corrected chi connectivity index (χ1v) is 9.75. The minimum Gasteiger partial charge on any atom is -0.394 e. The summed E-state index contributed by atoms with van der Waals surface area (Å²) in [5.41, 5.74) is 9.39. The zero-order valence-corrected chi connectivity index (χ0v) is 16.7. The van der Waals surface area contributed by atoms with Crippen LogP contribution in [0.2, 0.25) is 0 Å². The van der Waals surface area contributed by atoms with Crippen LogP contribution in [0.4, 0.5) is 10.7 Å². The van der Waals surface area contributed by atoms with Crippen LogP contribution in [0.1, 0.15) is 13.8 Å². The Kier molecular flexibility index (Phi) is 6.08. The first kappa shape index (κ1) is 20.0. The quantitative estimate of drug-likeness (QED) is 0.491. The van der Waals surface area contributed by atoms with E-state index in [1.807, 2.05) is 50.2 Å². The van der Waals surface area contributed by atoms with Gasteiger partial charge in [0.15, 0.2) is 0 Å². The van der Waals surface area contributed by atoms with Gasteiger partial charge < -0.3 is 21.5 Å². The van der Waals surface area contributed by atoms with Crippen molar-refractivity contribution in [1.29, 1.82) is 0 Å². The van der Waals surface area contributed by atoms with E-state index in [0.29, 0.717) is 5.69 Å². The predicted octanol–water partition coefficient (Wildman–Crippen LogP) is 3.36. The topological polar surface area (TPSA) is 100 Å². The molecule has 1 amide bonds. The molecular weight excluding hydrogens is 372 g/mol. The van der Waals surface area contributed by atoms with Crippen molar-refractivity contribution >= 4 is 27.9 Å². The second kappa shape index (κ2) is 8.52. The van der Waals surface area contributed by atoms with Crippen molar-refractivity contribution in [2.24, 2.45) is 0 Å². The van der Waals surface area contributed by atoms with E-state index in [2.05, 4.69) is 21.7 Å². The van der Waals surface area contributed by atoms with E-state index >= 15 is 0 Å². The van der Waals surface area contributed by atoms with Crippen LogP contribution in [0, 0.1) is 0 Å². The van der Waals surface area contributed by atoms with Crippen LogP contribution in [-0.4, -0.2) is 34.7 Å². The smallest absolute Gasteiger partial charge is 0.238 e. The number of carbonyl (C=O) groups excluding carboxylic acids is 1. The van der Waals surface area contributed by atoms with Crippen LogP contribution in [0.5, 0.6) is 0 Å². The van der Waals surface area contributed by atoms with Crippen LogP contribution >= 0.6 is 11.3 Å². The Hall–Kier alpha value is -2.74. The highest BCUT2D eigenvalue weighted by Gasteiger charge is 2.17. The lowest BCUT2D eigenvalue weighted by Gasteiger charge is -2.23. The number of aromatic nitrogens is 1. The molecule has 2 heterocycles. The number of pyridine rings is 1. The predicted molar refractivity (Wildman–Crippen MR) is 115 cm³/mol. The van der Waals surface area contributed by atoms with Crippen LogP contribution in [-0.2, 0) is 4.79 Å². The van der Waals surface area contributed by atoms with Crippen molar-refractivity contribution in [3.63, 3.8) is 0 Å². The number of rotatable bonds is 7. The van der Waals surface area contributed by atoms with E-state index in [0.717, 1.165) is 26.6 Å². The maximum Gasteiger partial charge on any atom is 0.238 e. The highest BCUT2D eigenvalue weighted by Crippen LogP contribution is 2.39. The summed E-state index contributed by atoms with van der Waals surface area (Å²) in [6.07, 6.45) is 3.51. The number of aliphatic hydroxyl groups excluding tert-OH is 1. The van der Waals surface area contributed by atoms with E-state index in [1.54, 1.807) is 12.4 Å². The maximum absolute atomic E-state index is 12.2. The Labute approximate surface area is 168 Å². The van der Waals surface area contributed by atoms with Gasteiger partial charge in [-0.15, -0.1) is 11.3 Å². The molecule has 0 bridgehead atoms. The molecule has 0 unspecified atom stereocenters. The van der Waals surface area contributed by atoms with Crippen LogP contribution < -0.4 is 16.4 Å². The number of anilines is 2. The average Bonchev–Trinajstić information content (AvgIpc) is 3.09. The van der Waals surface area contributed by atoms with E-state index in [4.69, 9.17) is 5.73 Å². The Morgan fingerprint density at radius 2 is 1.93 bits per heavy atom. The number of nitrogens with zero attached hydrogens (tertiary/aromatic N) is 1. The van der Waals surface area contributed by atoms with Crippen molar-refractivity contribution in [2.75, 3.05) is 24.2 Å². The van der Waals surface area contributed by atoms with Gasteiger partial charge in [-0.3, -0.25) is 9.78 Å². The number of carbonyl (C=O) groups is 1. The van der Waals surface area contributed by atoms with Crippen molar-refractivity contribution in [3.05, 3.63) is 54.9 Å². The molecule has 3 aromatic rings.